The number of unbranched alkanes of at least 4 members (excludes halogenated alkanes) is 1. The second kappa shape index (κ2) is 14.7. The highest BCUT2D eigenvalue weighted by Gasteiger charge is 2.22. The van der Waals surface area contributed by atoms with Crippen LogP contribution in [-0.4, -0.2) is 34.5 Å². The van der Waals surface area contributed by atoms with Crippen LogP contribution in [0.3, 0.4) is 0 Å². The van der Waals surface area contributed by atoms with Crippen LogP contribution in [0.2, 0.25) is 0 Å². The van der Waals surface area contributed by atoms with Crippen LogP contribution in [0.4, 0.5) is 5.82 Å². The molecular formula is C27H38BrN5O. The molecule has 0 aliphatic carbocycles. The summed E-state index contributed by atoms with van der Waals surface area (Å²) < 4.78 is 2.88. The number of halogens is 1. The van der Waals surface area contributed by atoms with Gasteiger partial charge >= 0.3 is 0 Å². The molecule has 0 spiro atoms. The largest absolute Gasteiger partial charge is 0.356 e. The van der Waals surface area contributed by atoms with Gasteiger partial charge < -0.3 is 5.32 Å². The van der Waals surface area contributed by atoms with Crippen LogP contribution < -0.4 is 10.6 Å². The molecule has 0 bridgehead atoms. The molecule has 1 aliphatic rings. The average molecular weight is 529 g/mol. The lowest BCUT2D eigenvalue weighted by atomic mass is 10.0. The van der Waals surface area contributed by atoms with Gasteiger partial charge in [-0.2, -0.15) is 5.10 Å². The number of carbonyl (C=O) groups is 1. The molecule has 0 radical (unpaired) electrons. The van der Waals surface area contributed by atoms with Crippen molar-refractivity contribution in [3.05, 3.63) is 70.4 Å². The molecule has 7 heteroatoms. The second-order valence-electron chi connectivity index (χ2n) is 8.45. The smallest absolute Gasteiger partial charge is 0.223 e. The summed E-state index contributed by atoms with van der Waals surface area (Å²) in [5, 5.41) is 11.2. The molecular weight excluding hydrogens is 490 g/mol. The Morgan fingerprint density at radius 1 is 1.26 bits per heavy atom. The van der Waals surface area contributed by atoms with E-state index in [1.165, 1.54) is 11.1 Å². The van der Waals surface area contributed by atoms with E-state index in [0.717, 1.165) is 53.8 Å². The molecule has 0 aromatic carbocycles. The first-order valence-corrected chi connectivity index (χ1v) is 12.7. The topological polar surface area (TPSA) is 71.3 Å². The summed E-state index contributed by atoms with van der Waals surface area (Å²) in [6, 6.07) is 0. The van der Waals surface area contributed by atoms with E-state index in [1.807, 2.05) is 43.0 Å². The Balaban J connectivity index is 1.82. The van der Waals surface area contributed by atoms with Crippen LogP contribution in [-0.2, 0) is 4.79 Å². The zero-order valence-electron chi connectivity index (χ0n) is 20.9. The van der Waals surface area contributed by atoms with Crippen LogP contribution >= 0.6 is 15.9 Å². The first kappa shape index (κ1) is 27.7. The maximum absolute atomic E-state index is 12.0. The third kappa shape index (κ3) is 8.69. The van der Waals surface area contributed by atoms with Gasteiger partial charge in [0.05, 0.1) is 10.7 Å². The van der Waals surface area contributed by atoms with Crippen molar-refractivity contribution in [2.45, 2.75) is 66.0 Å². The summed E-state index contributed by atoms with van der Waals surface area (Å²) in [5.74, 6) is 0.905. The Morgan fingerprint density at radius 3 is 2.76 bits per heavy atom. The van der Waals surface area contributed by atoms with Gasteiger partial charge in [-0.05, 0) is 87.0 Å². The number of nitrogens with zero attached hydrogens (tertiary/aromatic N) is 3. The Morgan fingerprint density at radius 2 is 2.03 bits per heavy atom. The number of fused-ring (bicyclic) bond motifs is 1. The minimum atomic E-state index is 0.0479. The minimum Gasteiger partial charge on any atom is -0.356 e. The minimum absolute atomic E-state index is 0.0479. The highest BCUT2D eigenvalue weighted by Crippen LogP contribution is 2.33. The number of hydrogen-bond acceptors (Lipinski definition) is 4. The molecule has 2 rings (SSSR count). The van der Waals surface area contributed by atoms with Crippen LogP contribution in [0, 0.1) is 0 Å². The molecule has 1 aliphatic heterocycles. The van der Waals surface area contributed by atoms with Gasteiger partial charge in [-0.25, -0.2) is 9.67 Å². The predicted molar refractivity (Wildman–Crippen MR) is 146 cm³/mol. The van der Waals surface area contributed by atoms with Crippen molar-refractivity contribution in [3.8, 4) is 0 Å². The van der Waals surface area contributed by atoms with Gasteiger partial charge in [0.1, 0.15) is 6.17 Å². The summed E-state index contributed by atoms with van der Waals surface area (Å²) >= 11 is 3.61. The van der Waals surface area contributed by atoms with Gasteiger partial charge in [-0.3, -0.25) is 10.1 Å². The van der Waals surface area contributed by atoms with Crippen molar-refractivity contribution in [2.24, 2.45) is 4.99 Å². The van der Waals surface area contributed by atoms with Gasteiger partial charge in [-0.1, -0.05) is 48.6 Å². The number of aromatic nitrogens is 2. The molecule has 1 aromatic rings. The summed E-state index contributed by atoms with van der Waals surface area (Å²) in [5.41, 5.74) is 4.64. The Labute approximate surface area is 212 Å². The molecule has 34 heavy (non-hydrogen) atoms. The first-order valence-electron chi connectivity index (χ1n) is 11.9. The lowest BCUT2D eigenvalue weighted by molar-refractivity contribution is -0.120. The summed E-state index contributed by atoms with van der Waals surface area (Å²) in [6.45, 7) is 13.5. The zero-order chi connectivity index (χ0) is 24.9. The summed E-state index contributed by atoms with van der Waals surface area (Å²) in [6.07, 6.45) is 17.7. The van der Waals surface area contributed by atoms with Crippen molar-refractivity contribution in [1.82, 2.24) is 20.4 Å². The molecule has 1 amide bonds. The fourth-order valence-corrected chi connectivity index (χ4v) is 4.08. The number of nitrogens with one attached hydrogen (secondary N) is 2. The summed E-state index contributed by atoms with van der Waals surface area (Å²) in [4.78, 5) is 16.9. The van der Waals surface area contributed by atoms with Crippen molar-refractivity contribution in [1.29, 1.82) is 0 Å². The number of rotatable bonds is 12. The van der Waals surface area contributed by atoms with Crippen molar-refractivity contribution in [2.75, 3.05) is 13.1 Å². The molecule has 184 valence electrons. The van der Waals surface area contributed by atoms with E-state index in [9.17, 15) is 4.79 Å². The predicted octanol–water partition coefficient (Wildman–Crippen LogP) is 6.49. The molecule has 0 fully saturated rings. The van der Waals surface area contributed by atoms with E-state index in [1.54, 1.807) is 6.08 Å². The molecule has 1 unspecified atom stereocenters. The number of carbonyl (C=O) groups excluding carboxylic acids is 1. The number of amides is 1. The summed E-state index contributed by atoms with van der Waals surface area (Å²) in [7, 11) is 0. The molecule has 1 aromatic heterocycles. The molecule has 6 nitrogen and oxygen atoms in total. The van der Waals surface area contributed by atoms with Crippen molar-refractivity contribution in [3.63, 3.8) is 0 Å². The highest BCUT2D eigenvalue weighted by atomic mass is 79.9. The van der Waals surface area contributed by atoms with E-state index < -0.39 is 0 Å². The fraction of sp³-hybridized carbons (Fsp3) is 0.444. The highest BCUT2D eigenvalue weighted by molar-refractivity contribution is 9.10. The number of allylic oxidation sites excluding steroid dienone is 8. The van der Waals surface area contributed by atoms with Crippen LogP contribution in [0.1, 0.15) is 66.0 Å². The molecule has 0 saturated carbocycles. The van der Waals surface area contributed by atoms with Crippen LogP contribution in [0.5, 0.6) is 0 Å². The van der Waals surface area contributed by atoms with E-state index in [-0.39, 0.29) is 12.1 Å². The zero-order valence-corrected chi connectivity index (χ0v) is 22.5. The van der Waals surface area contributed by atoms with Gasteiger partial charge in [0.2, 0.25) is 5.91 Å². The Bertz CT molecular complexity index is 997. The Hall–Kier alpha value is -2.51. The second-order valence-corrected chi connectivity index (χ2v) is 9.30. The van der Waals surface area contributed by atoms with E-state index >= 15 is 0 Å². The third-order valence-electron chi connectivity index (χ3n) is 5.73. The average Bonchev–Trinajstić information content (AvgIpc) is 3.06. The first-order chi connectivity index (χ1) is 16.4. The molecule has 1 atom stereocenters. The van der Waals surface area contributed by atoms with Crippen LogP contribution in [0.15, 0.2) is 75.4 Å². The fourth-order valence-electron chi connectivity index (χ4n) is 3.72. The standard InChI is InChI=1S/C27H38BrN5O/c1-6-11-20(3)13-10-14-26(34)30-18-9-8-17-29-25-16-15-24(22(5)21(4)12-7-2)32-27-23(28)19-31-33(25)27/h6-7,10-13,19,25,29H,1,8-9,14-18H2,2-5H3,(H,30,34)/b12-7-,13-10-,20-11-,22-21+. The van der Waals surface area contributed by atoms with Crippen molar-refractivity contribution >= 4 is 33.4 Å². The van der Waals surface area contributed by atoms with Crippen LogP contribution in [0.25, 0.3) is 0 Å². The maximum atomic E-state index is 12.0. The number of aliphatic imine (C=N–C) groups is 1. The molecule has 2 heterocycles. The quantitative estimate of drug-likeness (QED) is 0.241. The lowest BCUT2D eigenvalue weighted by Crippen LogP contribution is -2.29. The number of hydrogen-bond donors (Lipinski definition) is 2. The molecule has 2 N–H and O–H groups in total. The normalized spacial score (nSPS) is 17.4. The van der Waals surface area contributed by atoms with E-state index in [4.69, 9.17) is 4.99 Å². The maximum Gasteiger partial charge on any atom is 0.223 e. The van der Waals surface area contributed by atoms with Gasteiger partial charge in [0.15, 0.2) is 5.82 Å². The Kier molecular flexibility index (Phi) is 12.0. The SMILES string of the molecule is C=C/C=C(C)\C=C/CC(=O)NCCCCNC1CCC(/C(C)=C(C)/C=C\C)=Nc2c(Br)cnn21. The molecule has 0 saturated heterocycles. The van der Waals surface area contributed by atoms with E-state index in [0.29, 0.717) is 13.0 Å². The van der Waals surface area contributed by atoms with E-state index in [2.05, 4.69) is 64.2 Å². The monoisotopic (exact) mass is 527 g/mol. The van der Waals surface area contributed by atoms with Crippen molar-refractivity contribution < 1.29 is 4.79 Å². The third-order valence-corrected chi connectivity index (χ3v) is 6.29. The van der Waals surface area contributed by atoms with Gasteiger partial charge in [0, 0.05) is 18.7 Å². The lowest BCUT2D eigenvalue weighted by Gasteiger charge is -2.18. The van der Waals surface area contributed by atoms with Gasteiger partial charge in [0.25, 0.3) is 0 Å². The van der Waals surface area contributed by atoms with Gasteiger partial charge in [-0.15, -0.1) is 0 Å².